The molecule has 5 nitrogen and oxygen atoms in total. The molecule has 0 aliphatic heterocycles. The largest absolute Gasteiger partial charge is 0.394 e. The number of rotatable bonds is 5. The van der Waals surface area contributed by atoms with Crippen molar-refractivity contribution in [3.05, 3.63) is 48.4 Å². The van der Waals surface area contributed by atoms with E-state index in [1.165, 1.54) is 12.1 Å². The number of benzene rings is 1. The smallest absolute Gasteiger partial charge is 0.154 e. The molecule has 0 aliphatic carbocycles. The summed E-state index contributed by atoms with van der Waals surface area (Å²) in [6.45, 7) is 4.10. The van der Waals surface area contributed by atoms with E-state index in [4.69, 9.17) is 0 Å². The highest BCUT2D eigenvalue weighted by Crippen LogP contribution is 2.21. The molecule has 1 atom stereocenters. The maximum Gasteiger partial charge on any atom is 0.154 e. The Hall–Kier alpha value is -2.47. The number of aromatic nitrogens is 3. The normalized spacial score (nSPS) is 12.7. The van der Waals surface area contributed by atoms with Crippen molar-refractivity contribution in [1.82, 2.24) is 14.6 Å². The minimum atomic E-state index is -0.277. The van der Waals surface area contributed by atoms with E-state index in [9.17, 15) is 9.50 Å². The lowest BCUT2D eigenvalue weighted by molar-refractivity contribution is 0.249. The molecule has 0 radical (unpaired) electrons. The molecule has 6 heteroatoms. The summed E-state index contributed by atoms with van der Waals surface area (Å²) in [4.78, 5) is 4.32. The molecule has 0 saturated heterocycles. The lowest BCUT2D eigenvalue weighted by atomic mass is 10.1. The van der Waals surface area contributed by atoms with Gasteiger partial charge in [0.2, 0.25) is 0 Å². The molecule has 23 heavy (non-hydrogen) atoms. The van der Waals surface area contributed by atoms with Gasteiger partial charge < -0.3 is 10.4 Å². The summed E-state index contributed by atoms with van der Waals surface area (Å²) >= 11 is 0. The lowest BCUT2D eigenvalue weighted by Crippen LogP contribution is -2.30. The van der Waals surface area contributed by atoms with Crippen molar-refractivity contribution in [2.24, 2.45) is 5.92 Å². The van der Waals surface area contributed by atoms with Crippen LogP contribution < -0.4 is 5.32 Å². The number of halogens is 1. The minimum absolute atomic E-state index is 0.0339. The average Bonchev–Trinajstić information content (AvgIpc) is 2.96. The summed E-state index contributed by atoms with van der Waals surface area (Å²) in [7, 11) is 0. The van der Waals surface area contributed by atoms with Crippen LogP contribution >= 0.6 is 0 Å². The van der Waals surface area contributed by atoms with Crippen molar-refractivity contribution in [3.63, 3.8) is 0 Å². The van der Waals surface area contributed by atoms with Crippen LogP contribution in [0.5, 0.6) is 0 Å². The molecule has 2 N–H and O–H groups in total. The Labute approximate surface area is 133 Å². The monoisotopic (exact) mass is 314 g/mol. The average molecular weight is 314 g/mol. The molecule has 0 bridgehead atoms. The van der Waals surface area contributed by atoms with Crippen LogP contribution in [0.25, 0.3) is 16.9 Å². The third-order valence-corrected chi connectivity index (χ3v) is 3.84. The second-order valence-electron chi connectivity index (χ2n) is 5.82. The van der Waals surface area contributed by atoms with E-state index in [2.05, 4.69) is 15.4 Å². The van der Waals surface area contributed by atoms with E-state index in [-0.39, 0.29) is 24.4 Å². The first kappa shape index (κ1) is 15.4. The molecule has 3 aromatic rings. The molecule has 0 spiro atoms. The molecule has 1 aromatic carbocycles. The Morgan fingerprint density at radius 2 is 1.91 bits per heavy atom. The first-order chi connectivity index (χ1) is 11.1. The fourth-order valence-electron chi connectivity index (χ4n) is 2.38. The highest BCUT2D eigenvalue weighted by molar-refractivity contribution is 5.63. The van der Waals surface area contributed by atoms with Crippen molar-refractivity contribution >= 4 is 11.5 Å². The lowest BCUT2D eigenvalue weighted by Gasteiger charge is -2.20. The van der Waals surface area contributed by atoms with Gasteiger partial charge in [-0.05, 0) is 42.3 Å². The van der Waals surface area contributed by atoms with Gasteiger partial charge in [0.25, 0.3) is 0 Å². The SMILES string of the molecule is CC(C)[C@H](CO)Nc1ccc2ncc(-c3ccc(F)cc3)n2n1. The van der Waals surface area contributed by atoms with E-state index in [1.807, 2.05) is 26.0 Å². The van der Waals surface area contributed by atoms with Crippen LogP contribution in [0.3, 0.4) is 0 Å². The fraction of sp³-hybridized carbons (Fsp3) is 0.294. The number of anilines is 1. The van der Waals surface area contributed by atoms with Crippen LogP contribution in [0.1, 0.15) is 13.8 Å². The number of aliphatic hydroxyl groups is 1. The molecule has 0 fully saturated rings. The molecule has 2 heterocycles. The van der Waals surface area contributed by atoms with Gasteiger partial charge in [0.15, 0.2) is 5.65 Å². The summed E-state index contributed by atoms with van der Waals surface area (Å²) in [5, 5.41) is 17.2. The molecule has 0 aliphatic rings. The van der Waals surface area contributed by atoms with Crippen LogP contribution in [-0.2, 0) is 0 Å². The number of nitrogens with one attached hydrogen (secondary N) is 1. The van der Waals surface area contributed by atoms with Crippen molar-refractivity contribution < 1.29 is 9.50 Å². The van der Waals surface area contributed by atoms with Gasteiger partial charge in [0, 0.05) is 5.56 Å². The van der Waals surface area contributed by atoms with Gasteiger partial charge in [0.05, 0.1) is 24.5 Å². The molecule has 2 aromatic heterocycles. The zero-order valence-corrected chi connectivity index (χ0v) is 13.1. The number of hydrogen-bond donors (Lipinski definition) is 2. The Morgan fingerprint density at radius 3 is 2.57 bits per heavy atom. The summed E-state index contributed by atoms with van der Waals surface area (Å²) in [6.07, 6.45) is 1.71. The van der Waals surface area contributed by atoms with Gasteiger partial charge in [-0.3, -0.25) is 0 Å². The number of nitrogens with zero attached hydrogens (tertiary/aromatic N) is 3. The van der Waals surface area contributed by atoms with E-state index in [0.29, 0.717) is 11.5 Å². The Morgan fingerprint density at radius 1 is 1.17 bits per heavy atom. The third kappa shape index (κ3) is 3.17. The minimum Gasteiger partial charge on any atom is -0.394 e. The van der Waals surface area contributed by atoms with Crippen LogP contribution in [0.2, 0.25) is 0 Å². The summed E-state index contributed by atoms with van der Waals surface area (Å²) < 4.78 is 14.8. The van der Waals surface area contributed by atoms with Crippen LogP contribution in [0, 0.1) is 11.7 Å². The number of fused-ring (bicyclic) bond motifs is 1. The van der Waals surface area contributed by atoms with Gasteiger partial charge in [-0.2, -0.15) is 0 Å². The second-order valence-corrected chi connectivity index (χ2v) is 5.82. The highest BCUT2D eigenvalue weighted by atomic mass is 19.1. The quantitative estimate of drug-likeness (QED) is 0.760. The van der Waals surface area contributed by atoms with Crippen molar-refractivity contribution in [2.45, 2.75) is 19.9 Å². The predicted molar refractivity (Wildman–Crippen MR) is 87.7 cm³/mol. The standard InChI is InChI=1S/C17H19FN4O/c1-11(2)14(10-23)20-16-7-8-17-19-9-15(22(17)21-16)12-3-5-13(18)6-4-12/h3-9,11,14,23H,10H2,1-2H3,(H,20,21)/t14-/m0/s1. The zero-order valence-electron chi connectivity index (χ0n) is 13.1. The molecule has 0 saturated carbocycles. The van der Waals surface area contributed by atoms with Crippen molar-refractivity contribution in [2.75, 3.05) is 11.9 Å². The summed E-state index contributed by atoms with van der Waals surface area (Å²) in [6, 6.07) is 9.85. The number of aliphatic hydroxyl groups excluding tert-OH is 1. The van der Waals surface area contributed by atoms with Crippen LogP contribution in [0.15, 0.2) is 42.6 Å². The van der Waals surface area contributed by atoms with Gasteiger partial charge in [0.1, 0.15) is 11.6 Å². The van der Waals surface area contributed by atoms with Gasteiger partial charge >= 0.3 is 0 Å². The van der Waals surface area contributed by atoms with Gasteiger partial charge in [-0.25, -0.2) is 13.9 Å². The first-order valence-corrected chi connectivity index (χ1v) is 7.56. The molecular formula is C17H19FN4O. The molecule has 3 rings (SSSR count). The molecular weight excluding hydrogens is 295 g/mol. The van der Waals surface area contributed by atoms with Crippen molar-refractivity contribution in [1.29, 1.82) is 0 Å². The van der Waals surface area contributed by atoms with Gasteiger partial charge in [-0.15, -0.1) is 5.10 Å². The summed E-state index contributed by atoms with van der Waals surface area (Å²) in [5.41, 5.74) is 2.33. The Kier molecular flexibility index (Phi) is 4.25. The number of imidazole rings is 1. The second kappa shape index (κ2) is 6.34. The number of hydrogen-bond acceptors (Lipinski definition) is 4. The highest BCUT2D eigenvalue weighted by Gasteiger charge is 2.14. The van der Waals surface area contributed by atoms with Crippen molar-refractivity contribution in [3.8, 4) is 11.3 Å². The van der Waals surface area contributed by atoms with Gasteiger partial charge in [-0.1, -0.05) is 13.8 Å². The van der Waals surface area contributed by atoms with E-state index in [1.54, 1.807) is 22.8 Å². The maximum atomic E-state index is 13.1. The maximum absolute atomic E-state index is 13.1. The van der Waals surface area contributed by atoms with Crippen LogP contribution in [-0.4, -0.2) is 32.4 Å². The van der Waals surface area contributed by atoms with Crippen LogP contribution in [0.4, 0.5) is 10.2 Å². The summed E-state index contributed by atoms with van der Waals surface area (Å²) in [5.74, 6) is 0.657. The van der Waals surface area contributed by atoms with E-state index < -0.39 is 0 Å². The molecule has 120 valence electrons. The topological polar surface area (TPSA) is 62.5 Å². The Balaban J connectivity index is 1.98. The molecule has 0 unspecified atom stereocenters. The first-order valence-electron chi connectivity index (χ1n) is 7.56. The van der Waals surface area contributed by atoms with E-state index >= 15 is 0 Å². The zero-order chi connectivity index (χ0) is 16.4. The molecule has 0 amide bonds. The fourth-order valence-corrected chi connectivity index (χ4v) is 2.38. The predicted octanol–water partition coefficient (Wildman–Crippen LogP) is 2.96. The van der Waals surface area contributed by atoms with E-state index in [0.717, 1.165) is 11.3 Å². The Bertz CT molecular complexity index is 798. The third-order valence-electron chi connectivity index (χ3n) is 3.84.